The van der Waals surface area contributed by atoms with Gasteiger partial charge in [0.25, 0.3) is 0 Å². The standard InChI is InChI=1S/C24H29N5O3S/c1-4-32-20-10-8-19(9-11-20)25-23(30)29-13-12-28(16-17(29)2)24-26-22(27-33-24)15-18-6-5-7-21(14-18)31-3/h5-11,14,17H,4,12-13,15-16H2,1-3H3,(H,25,30). The van der Waals surface area contributed by atoms with Crippen LogP contribution in [-0.4, -0.2) is 59.7 Å². The number of nitrogens with one attached hydrogen (secondary N) is 1. The van der Waals surface area contributed by atoms with Gasteiger partial charge >= 0.3 is 6.03 Å². The number of benzene rings is 2. The number of hydrogen-bond donors (Lipinski definition) is 1. The summed E-state index contributed by atoms with van der Waals surface area (Å²) in [7, 11) is 1.66. The highest BCUT2D eigenvalue weighted by molar-refractivity contribution is 7.09. The molecule has 1 aliphatic rings. The van der Waals surface area contributed by atoms with Crippen LogP contribution in [0.1, 0.15) is 25.2 Å². The molecule has 1 fully saturated rings. The molecule has 1 saturated heterocycles. The van der Waals surface area contributed by atoms with Gasteiger partial charge in [-0.05, 0) is 55.8 Å². The summed E-state index contributed by atoms with van der Waals surface area (Å²) in [5.74, 6) is 2.42. The number of amides is 2. The number of anilines is 2. The highest BCUT2D eigenvalue weighted by atomic mass is 32.1. The van der Waals surface area contributed by atoms with Gasteiger partial charge in [0, 0.05) is 49.3 Å². The Hall–Kier alpha value is -3.33. The Morgan fingerprint density at radius 2 is 2.00 bits per heavy atom. The fourth-order valence-electron chi connectivity index (χ4n) is 3.84. The number of carbonyl (C=O) groups excluding carboxylic acids is 1. The van der Waals surface area contributed by atoms with E-state index in [9.17, 15) is 4.79 Å². The maximum absolute atomic E-state index is 12.8. The van der Waals surface area contributed by atoms with Crippen LogP contribution in [0, 0.1) is 0 Å². The van der Waals surface area contributed by atoms with Gasteiger partial charge in [0.1, 0.15) is 17.3 Å². The van der Waals surface area contributed by atoms with E-state index in [1.807, 2.05) is 60.4 Å². The minimum Gasteiger partial charge on any atom is -0.497 e. The molecule has 8 nitrogen and oxygen atoms in total. The Kier molecular flexibility index (Phi) is 7.29. The first-order valence-corrected chi connectivity index (χ1v) is 11.8. The van der Waals surface area contributed by atoms with Gasteiger partial charge in [0.05, 0.1) is 13.7 Å². The molecular weight excluding hydrogens is 438 g/mol. The average Bonchev–Trinajstić information content (AvgIpc) is 3.29. The van der Waals surface area contributed by atoms with Crippen molar-refractivity contribution in [1.29, 1.82) is 0 Å². The lowest BCUT2D eigenvalue weighted by molar-refractivity contribution is 0.185. The van der Waals surface area contributed by atoms with Crippen molar-refractivity contribution in [2.75, 3.05) is 43.6 Å². The quantitative estimate of drug-likeness (QED) is 0.559. The number of hydrogen-bond acceptors (Lipinski definition) is 7. The molecule has 2 heterocycles. The summed E-state index contributed by atoms with van der Waals surface area (Å²) >= 11 is 1.41. The van der Waals surface area contributed by atoms with Crippen LogP contribution in [0.3, 0.4) is 0 Å². The predicted molar refractivity (Wildman–Crippen MR) is 131 cm³/mol. The summed E-state index contributed by atoms with van der Waals surface area (Å²) in [6, 6.07) is 15.3. The Morgan fingerprint density at radius 1 is 1.18 bits per heavy atom. The van der Waals surface area contributed by atoms with Gasteiger partial charge in [-0.1, -0.05) is 12.1 Å². The second-order valence-electron chi connectivity index (χ2n) is 7.90. The summed E-state index contributed by atoms with van der Waals surface area (Å²) in [6.07, 6.45) is 0.660. The first-order valence-electron chi connectivity index (χ1n) is 11.1. The van der Waals surface area contributed by atoms with E-state index < -0.39 is 0 Å². The molecule has 2 aromatic carbocycles. The van der Waals surface area contributed by atoms with E-state index >= 15 is 0 Å². The smallest absolute Gasteiger partial charge is 0.322 e. The summed E-state index contributed by atoms with van der Waals surface area (Å²) in [5.41, 5.74) is 1.87. The van der Waals surface area contributed by atoms with E-state index in [-0.39, 0.29) is 12.1 Å². The van der Waals surface area contributed by atoms with Gasteiger partial charge in [0.2, 0.25) is 5.13 Å². The number of methoxy groups -OCH3 is 1. The van der Waals surface area contributed by atoms with Crippen LogP contribution in [0.15, 0.2) is 48.5 Å². The molecule has 1 unspecified atom stereocenters. The van der Waals surface area contributed by atoms with Gasteiger partial charge in [-0.25, -0.2) is 9.78 Å². The number of ether oxygens (including phenoxy) is 2. The molecule has 4 rings (SSSR count). The third kappa shape index (κ3) is 5.73. The molecule has 1 atom stereocenters. The molecule has 3 aromatic rings. The van der Waals surface area contributed by atoms with Gasteiger partial charge in [-0.2, -0.15) is 4.37 Å². The molecule has 1 aliphatic heterocycles. The molecule has 0 bridgehead atoms. The van der Waals surface area contributed by atoms with E-state index in [2.05, 4.69) is 21.5 Å². The minimum absolute atomic E-state index is 0.0483. The maximum Gasteiger partial charge on any atom is 0.322 e. The summed E-state index contributed by atoms with van der Waals surface area (Å²) in [4.78, 5) is 21.6. The average molecular weight is 468 g/mol. The van der Waals surface area contributed by atoms with Crippen LogP contribution < -0.4 is 19.7 Å². The van der Waals surface area contributed by atoms with Crippen LogP contribution >= 0.6 is 11.5 Å². The molecule has 2 amide bonds. The third-order valence-electron chi connectivity index (χ3n) is 5.53. The summed E-state index contributed by atoms with van der Waals surface area (Å²) in [5, 5.41) is 3.88. The molecule has 33 heavy (non-hydrogen) atoms. The van der Waals surface area contributed by atoms with Crippen molar-refractivity contribution in [3.8, 4) is 11.5 Å². The van der Waals surface area contributed by atoms with Crippen molar-refractivity contribution in [2.24, 2.45) is 0 Å². The van der Waals surface area contributed by atoms with Crippen LogP contribution in [0.4, 0.5) is 15.6 Å². The first kappa shape index (κ1) is 22.8. The molecular formula is C24H29N5O3S. The van der Waals surface area contributed by atoms with E-state index in [0.717, 1.165) is 40.3 Å². The number of rotatable bonds is 7. The predicted octanol–water partition coefficient (Wildman–Crippen LogP) is 4.28. The second kappa shape index (κ2) is 10.5. The molecule has 0 saturated carbocycles. The van der Waals surface area contributed by atoms with E-state index in [4.69, 9.17) is 14.5 Å². The highest BCUT2D eigenvalue weighted by Crippen LogP contribution is 2.24. The molecule has 0 radical (unpaired) electrons. The Balaban J connectivity index is 1.32. The number of urea groups is 1. The maximum atomic E-state index is 12.8. The fourth-order valence-corrected chi connectivity index (χ4v) is 4.56. The second-order valence-corrected chi connectivity index (χ2v) is 8.63. The van der Waals surface area contributed by atoms with Gasteiger partial charge in [0.15, 0.2) is 0 Å². The zero-order valence-electron chi connectivity index (χ0n) is 19.2. The molecule has 1 N–H and O–H groups in total. The van der Waals surface area contributed by atoms with Gasteiger partial charge in [-0.15, -0.1) is 0 Å². The molecule has 9 heteroatoms. The van der Waals surface area contributed by atoms with Crippen molar-refractivity contribution in [3.05, 3.63) is 59.9 Å². The topological polar surface area (TPSA) is 79.8 Å². The number of carbonyl (C=O) groups is 1. The normalized spacial score (nSPS) is 15.9. The van der Waals surface area contributed by atoms with E-state index in [1.54, 1.807) is 7.11 Å². The lowest BCUT2D eigenvalue weighted by Crippen LogP contribution is -2.55. The molecule has 0 spiro atoms. The van der Waals surface area contributed by atoms with Crippen molar-refractivity contribution < 1.29 is 14.3 Å². The number of aromatic nitrogens is 2. The van der Waals surface area contributed by atoms with Crippen LogP contribution in [0.25, 0.3) is 0 Å². The van der Waals surface area contributed by atoms with Gasteiger partial charge in [-0.3, -0.25) is 0 Å². The van der Waals surface area contributed by atoms with Gasteiger partial charge < -0.3 is 24.6 Å². The monoisotopic (exact) mass is 467 g/mol. The SMILES string of the molecule is CCOc1ccc(NC(=O)N2CCN(c3nc(Cc4cccc(OC)c4)ns3)CC2C)cc1. The summed E-state index contributed by atoms with van der Waals surface area (Å²) < 4.78 is 15.3. The molecule has 0 aliphatic carbocycles. The van der Waals surface area contributed by atoms with E-state index in [0.29, 0.717) is 26.1 Å². The highest BCUT2D eigenvalue weighted by Gasteiger charge is 2.29. The van der Waals surface area contributed by atoms with Crippen LogP contribution in [0.2, 0.25) is 0 Å². The van der Waals surface area contributed by atoms with Crippen molar-refractivity contribution in [1.82, 2.24) is 14.3 Å². The first-order chi connectivity index (χ1) is 16.1. The number of piperazine rings is 1. The Morgan fingerprint density at radius 3 is 2.73 bits per heavy atom. The fraction of sp³-hybridized carbons (Fsp3) is 0.375. The minimum atomic E-state index is -0.0951. The van der Waals surface area contributed by atoms with Crippen molar-refractivity contribution >= 4 is 28.4 Å². The van der Waals surface area contributed by atoms with E-state index in [1.165, 1.54) is 11.5 Å². The molecule has 174 valence electrons. The number of nitrogens with zero attached hydrogens (tertiary/aromatic N) is 4. The van der Waals surface area contributed by atoms with Crippen LogP contribution in [0.5, 0.6) is 11.5 Å². The lowest BCUT2D eigenvalue weighted by atomic mass is 10.1. The molecule has 1 aromatic heterocycles. The Bertz CT molecular complexity index is 1070. The van der Waals surface area contributed by atoms with Crippen molar-refractivity contribution in [3.63, 3.8) is 0 Å². The lowest BCUT2D eigenvalue weighted by Gasteiger charge is -2.39. The van der Waals surface area contributed by atoms with Crippen LogP contribution in [-0.2, 0) is 6.42 Å². The third-order valence-corrected chi connectivity index (χ3v) is 6.34. The summed E-state index contributed by atoms with van der Waals surface area (Å²) in [6.45, 7) is 6.67. The Labute approximate surface area is 198 Å². The zero-order chi connectivity index (χ0) is 23.2. The van der Waals surface area contributed by atoms with Crippen molar-refractivity contribution in [2.45, 2.75) is 26.3 Å². The largest absolute Gasteiger partial charge is 0.497 e. The zero-order valence-corrected chi connectivity index (χ0v) is 20.0.